The van der Waals surface area contributed by atoms with Gasteiger partial charge in [-0.25, -0.2) is 9.18 Å². The molecule has 1 spiro atoms. The van der Waals surface area contributed by atoms with E-state index in [9.17, 15) is 19.4 Å². The largest absolute Gasteiger partial charge is 0.490 e. The number of aromatic carboxylic acids is 1. The first kappa shape index (κ1) is 19.7. The van der Waals surface area contributed by atoms with Crippen LogP contribution in [0.2, 0.25) is 0 Å². The number of benzene rings is 2. The molecular formula is C22H24FNO5. The van der Waals surface area contributed by atoms with Crippen molar-refractivity contribution in [3.63, 3.8) is 0 Å². The Balaban J connectivity index is 1.29. The summed E-state index contributed by atoms with van der Waals surface area (Å²) >= 11 is 0. The Bertz CT molecular complexity index is 881. The number of rotatable bonds is 6. The molecule has 7 heteroatoms. The van der Waals surface area contributed by atoms with Gasteiger partial charge < -0.3 is 24.6 Å². The van der Waals surface area contributed by atoms with Gasteiger partial charge in [-0.05, 0) is 18.2 Å². The number of carbonyl (C=O) groups is 1. The molecule has 2 aromatic rings. The lowest BCUT2D eigenvalue weighted by molar-refractivity contribution is -0.0448. The van der Waals surface area contributed by atoms with E-state index in [4.69, 9.17) is 9.47 Å². The third-order valence-electron chi connectivity index (χ3n) is 5.69. The molecule has 1 fully saturated rings. The maximum atomic E-state index is 15.0. The van der Waals surface area contributed by atoms with Gasteiger partial charge in [0.2, 0.25) is 0 Å². The SMILES string of the molecule is O=C(O)c1ccccc1OC[C@@H](O)CN1CCC2(CC1)Oc1ccccc1[C@@H]2F. The van der Waals surface area contributed by atoms with Crippen molar-refractivity contribution in [1.82, 2.24) is 4.90 Å². The highest BCUT2D eigenvalue weighted by atomic mass is 19.1. The van der Waals surface area contributed by atoms with Gasteiger partial charge in [0.15, 0.2) is 6.17 Å². The summed E-state index contributed by atoms with van der Waals surface area (Å²) in [5.41, 5.74) is -0.139. The van der Waals surface area contributed by atoms with E-state index in [-0.39, 0.29) is 17.9 Å². The summed E-state index contributed by atoms with van der Waals surface area (Å²) in [6.07, 6.45) is -0.841. The van der Waals surface area contributed by atoms with Gasteiger partial charge in [0, 0.05) is 38.0 Å². The highest BCUT2D eigenvalue weighted by Gasteiger charge is 2.50. The molecule has 0 aromatic heterocycles. The molecule has 2 aromatic carbocycles. The average molecular weight is 401 g/mol. The molecule has 0 unspecified atom stereocenters. The van der Waals surface area contributed by atoms with Crippen LogP contribution in [0.1, 0.15) is 34.9 Å². The smallest absolute Gasteiger partial charge is 0.339 e. The Hall–Kier alpha value is -2.64. The van der Waals surface area contributed by atoms with Gasteiger partial charge in [0.05, 0.1) is 0 Å². The first-order valence-corrected chi connectivity index (χ1v) is 9.76. The zero-order valence-electron chi connectivity index (χ0n) is 16.0. The maximum absolute atomic E-state index is 15.0. The van der Waals surface area contributed by atoms with Gasteiger partial charge in [0.1, 0.15) is 35.4 Å². The standard InChI is InChI=1S/C22H24FNO5/c23-20-16-5-1-4-8-19(16)29-22(20)9-11-24(12-10-22)13-15(25)14-28-18-7-3-2-6-17(18)21(26)27/h1-8,15,20,25H,9-14H2,(H,26,27)/t15-,20-/m0/s1. The molecular weight excluding hydrogens is 377 g/mol. The normalized spacial score (nSPS) is 21.4. The van der Waals surface area contributed by atoms with Crippen molar-refractivity contribution in [2.24, 2.45) is 0 Å². The minimum Gasteiger partial charge on any atom is -0.490 e. The fourth-order valence-electron chi connectivity index (χ4n) is 4.11. The Morgan fingerprint density at radius 2 is 1.90 bits per heavy atom. The Morgan fingerprint density at radius 1 is 1.21 bits per heavy atom. The van der Waals surface area contributed by atoms with Gasteiger partial charge in [-0.15, -0.1) is 0 Å². The number of carboxylic acids is 1. The van der Waals surface area contributed by atoms with E-state index in [1.807, 2.05) is 12.1 Å². The number of carboxylic acid groups (broad SMARTS) is 1. The number of likely N-dealkylation sites (tertiary alicyclic amines) is 1. The van der Waals surface area contributed by atoms with Crippen LogP contribution >= 0.6 is 0 Å². The zero-order chi connectivity index (χ0) is 20.4. The second-order valence-electron chi connectivity index (χ2n) is 7.63. The van der Waals surface area contributed by atoms with Crippen LogP contribution in [0.5, 0.6) is 11.5 Å². The fourth-order valence-corrected chi connectivity index (χ4v) is 4.11. The van der Waals surface area contributed by atoms with Crippen LogP contribution in [0.3, 0.4) is 0 Å². The van der Waals surface area contributed by atoms with Crippen molar-refractivity contribution in [2.45, 2.75) is 30.7 Å². The number of ether oxygens (including phenoxy) is 2. The minimum atomic E-state index is -1.14. The maximum Gasteiger partial charge on any atom is 0.339 e. The van der Waals surface area contributed by atoms with E-state index in [0.717, 1.165) is 0 Å². The Labute approximate surface area is 168 Å². The number of para-hydroxylation sites is 2. The van der Waals surface area contributed by atoms with Crippen LogP contribution in [0, 0.1) is 0 Å². The number of aliphatic hydroxyl groups is 1. The van der Waals surface area contributed by atoms with Crippen LogP contribution in [0.15, 0.2) is 48.5 Å². The van der Waals surface area contributed by atoms with Crippen LogP contribution in [-0.4, -0.2) is 59.0 Å². The van der Waals surface area contributed by atoms with Gasteiger partial charge in [-0.3, -0.25) is 0 Å². The number of piperidine rings is 1. The number of β-amino-alcohol motifs (C(OH)–C–C–N with tert-alkyl or cyclic N) is 1. The molecule has 1 saturated heterocycles. The molecule has 4 rings (SSSR count). The van der Waals surface area contributed by atoms with Crippen LogP contribution in [0.4, 0.5) is 4.39 Å². The van der Waals surface area contributed by atoms with Crippen molar-refractivity contribution in [2.75, 3.05) is 26.2 Å². The molecule has 0 radical (unpaired) electrons. The quantitative estimate of drug-likeness (QED) is 0.775. The summed E-state index contributed by atoms with van der Waals surface area (Å²) < 4.78 is 26.5. The molecule has 0 aliphatic carbocycles. The summed E-state index contributed by atoms with van der Waals surface area (Å²) in [6, 6.07) is 13.6. The number of nitrogens with zero attached hydrogens (tertiary/aromatic N) is 1. The molecule has 2 aliphatic rings. The van der Waals surface area contributed by atoms with E-state index >= 15 is 0 Å². The second kappa shape index (κ2) is 8.00. The molecule has 154 valence electrons. The van der Waals surface area contributed by atoms with Crippen molar-refractivity contribution in [1.29, 1.82) is 0 Å². The molecule has 0 amide bonds. The molecule has 2 aliphatic heterocycles. The number of hydrogen-bond acceptors (Lipinski definition) is 5. The summed E-state index contributed by atoms with van der Waals surface area (Å²) in [6.45, 7) is 1.57. The van der Waals surface area contributed by atoms with E-state index in [1.165, 1.54) is 6.07 Å². The lowest BCUT2D eigenvalue weighted by Gasteiger charge is -2.40. The van der Waals surface area contributed by atoms with Gasteiger partial charge >= 0.3 is 5.97 Å². The number of hydrogen-bond donors (Lipinski definition) is 2. The predicted octanol–water partition coefficient (Wildman–Crippen LogP) is 3.06. The Morgan fingerprint density at radius 3 is 2.62 bits per heavy atom. The number of aliphatic hydroxyl groups excluding tert-OH is 1. The van der Waals surface area contributed by atoms with Crippen LogP contribution in [0.25, 0.3) is 0 Å². The predicted molar refractivity (Wildman–Crippen MR) is 104 cm³/mol. The van der Waals surface area contributed by atoms with Gasteiger partial charge in [-0.1, -0.05) is 30.3 Å². The highest BCUT2D eigenvalue weighted by molar-refractivity contribution is 5.90. The highest BCUT2D eigenvalue weighted by Crippen LogP contribution is 2.50. The van der Waals surface area contributed by atoms with Crippen molar-refractivity contribution >= 4 is 5.97 Å². The third kappa shape index (κ3) is 3.93. The van der Waals surface area contributed by atoms with E-state index < -0.39 is 23.8 Å². The van der Waals surface area contributed by atoms with Gasteiger partial charge in [0.25, 0.3) is 0 Å². The number of alkyl halides is 1. The van der Waals surface area contributed by atoms with E-state index in [2.05, 4.69) is 4.90 Å². The third-order valence-corrected chi connectivity index (χ3v) is 5.69. The minimum absolute atomic E-state index is 0.0143. The molecule has 6 nitrogen and oxygen atoms in total. The van der Waals surface area contributed by atoms with Crippen molar-refractivity contribution < 1.29 is 28.9 Å². The summed E-state index contributed by atoms with van der Waals surface area (Å²) in [4.78, 5) is 13.3. The first-order chi connectivity index (χ1) is 14.0. The average Bonchev–Trinajstić information content (AvgIpc) is 3.00. The summed E-state index contributed by atoms with van der Waals surface area (Å²) in [5, 5.41) is 19.5. The number of halogens is 1. The van der Waals surface area contributed by atoms with E-state index in [1.54, 1.807) is 30.3 Å². The first-order valence-electron chi connectivity index (χ1n) is 9.76. The van der Waals surface area contributed by atoms with Crippen LogP contribution in [-0.2, 0) is 0 Å². The lowest BCUT2D eigenvalue weighted by atomic mass is 9.85. The topological polar surface area (TPSA) is 79.2 Å². The fraction of sp³-hybridized carbons (Fsp3) is 0.409. The molecule has 2 heterocycles. The molecule has 2 N–H and O–H groups in total. The van der Waals surface area contributed by atoms with E-state index in [0.29, 0.717) is 43.8 Å². The lowest BCUT2D eigenvalue weighted by Crippen LogP contribution is -2.50. The molecule has 29 heavy (non-hydrogen) atoms. The zero-order valence-corrected chi connectivity index (χ0v) is 16.0. The van der Waals surface area contributed by atoms with Crippen LogP contribution < -0.4 is 9.47 Å². The summed E-state index contributed by atoms with van der Waals surface area (Å²) in [5.74, 6) is -0.220. The van der Waals surface area contributed by atoms with Crippen molar-refractivity contribution in [3.05, 3.63) is 59.7 Å². The Kier molecular flexibility index (Phi) is 5.43. The molecule has 2 atom stereocenters. The van der Waals surface area contributed by atoms with Gasteiger partial charge in [-0.2, -0.15) is 0 Å². The second-order valence-corrected chi connectivity index (χ2v) is 7.63. The number of fused-ring (bicyclic) bond motifs is 1. The molecule has 0 saturated carbocycles. The molecule has 0 bridgehead atoms. The van der Waals surface area contributed by atoms with Crippen molar-refractivity contribution in [3.8, 4) is 11.5 Å². The monoisotopic (exact) mass is 401 g/mol. The summed E-state index contributed by atoms with van der Waals surface area (Å²) in [7, 11) is 0.